The largest absolute Gasteiger partial charge is 0.353 e. The van der Waals surface area contributed by atoms with Crippen molar-refractivity contribution in [2.24, 2.45) is 5.92 Å². The van der Waals surface area contributed by atoms with E-state index in [1.165, 1.54) is 6.33 Å². The molecule has 0 bridgehead atoms. The lowest BCUT2D eigenvalue weighted by Gasteiger charge is -2.36. The summed E-state index contributed by atoms with van der Waals surface area (Å²) < 4.78 is 1.73. The fraction of sp³-hybridized carbons (Fsp3) is 0.348. The summed E-state index contributed by atoms with van der Waals surface area (Å²) in [4.78, 5) is 40.1. The second kappa shape index (κ2) is 8.82. The predicted molar refractivity (Wildman–Crippen MR) is 125 cm³/mol. The lowest BCUT2D eigenvalue weighted by molar-refractivity contribution is -0.136. The van der Waals surface area contributed by atoms with Crippen LogP contribution in [0.15, 0.2) is 48.9 Å². The highest BCUT2D eigenvalue weighted by Crippen LogP contribution is 2.28. The van der Waals surface area contributed by atoms with E-state index in [4.69, 9.17) is 11.6 Å². The summed E-state index contributed by atoms with van der Waals surface area (Å²) in [5.41, 5.74) is 1.69. The van der Waals surface area contributed by atoms with Crippen molar-refractivity contribution in [2.75, 3.05) is 42.5 Å². The van der Waals surface area contributed by atoms with E-state index in [1.54, 1.807) is 21.7 Å². The molecule has 2 fully saturated rings. The zero-order valence-electron chi connectivity index (χ0n) is 18.3. The van der Waals surface area contributed by atoms with Gasteiger partial charge in [-0.1, -0.05) is 11.6 Å². The zero-order chi connectivity index (χ0) is 22.9. The number of piperazine rings is 1. The minimum Gasteiger partial charge on any atom is -0.353 e. The van der Waals surface area contributed by atoms with Gasteiger partial charge in [-0.05, 0) is 37.3 Å². The van der Waals surface area contributed by atoms with E-state index < -0.39 is 0 Å². The molecule has 10 heteroatoms. The first-order valence-corrected chi connectivity index (χ1v) is 11.3. The minimum absolute atomic E-state index is 0.0309. The van der Waals surface area contributed by atoms with Crippen molar-refractivity contribution in [3.8, 4) is 5.82 Å². The van der Waals surface area contributed by atoms with Crippen LogP contribution in [0.25, 0.3) is 5.82 Å². The standard InChI is InChI=1S/C23H24ClN7O2/c1-16-6-7-31(27-16)21-13-20(25-15-26-21)28-8-10-29(11-9-28)23(33)17-12-22(32)30(14-17)19-4-2-18(24)3-5-19/h2-7,13,15,17H,8-12,14H2,1H3. The van der Waals surface area contributed by atoms with Gasteiger partial charge >= 0.3 is 0 Å². The van der Waals surface area contributed by atoms with Gasteiger partial charge in [0.05, 0.1) is 11.6 Å². The Morgan fingerprint density at radius 3 is 2.45 bits per heavy atom. The summed E-state index contributed by atoms with van der Waals surface area (Å²) in [6, 6.07) is 11.0. The number of hydrogen-bond acceptors (Lipinski definition) is 6. The molecule has 170 valence electrons. The highest BCUT2D eigenvalue weighted by Gasteiger charge is 2.38. The predicted octanol–water partition coefficient (Wildman–Crippen LogP) is 2.33. The first-order chi connectivity index (χ1) is 16.0. The number of aromatic nitrogens is 4. The maximum Gasteiger partial charge on any atom is 0.228 e. The average Bonchev–Trinajstić information content (AvgIpc) is 3.45. The lowest BCUT2D eigenvalue weighted by Crippen LogP contribution is -2.51. The van der Waals surface area contributed by atoms with E-state index in [-0.39, 0.29) is 24.2 Å². The highest BCUT2D eigenvalue weighted by atomic mass is 35.5. The quantitative estimate of drug-likeness (QED) is 0.587. The number of amides is 2. The molecule has 0 aliphatic carbocycles. The molecule has 2 amide bonds. The first kappa shape index (κ1) is 21.4. The van der Waals surface area contributed by atoms with Crippen LogP contribution in [0.1, 0.15) is 12.1 Å². The molecule has 1 aromatic carbocycles. The summed E-state index contributed by atoms with van der Waals surface area (Å²) >= 11 is 5.95. The summed E-state index contributed by atoms with van der Waals surface area (Å²) in [5.74, 6) is 1.20. The Morgan fingerprint density at radius 2 is 1.76 bits per heavy atom. The van der Waals surface area contributed by atoms with Crippen LogP contribution in [-0.4, -0.2) is 69.2 Å². The van der Waals surface area contributed by atoms with Gasteiger partial charge < -0.3 is 14.7 Å². The second-order valence-corrected chi connectivity index (χ2v) is 8.77. The molecule has 0 spiro atoms. The Morgan fingerprint density at radius 1 is 1.03 bits per heavy atom. The van der Waals surface area contributed by atoms with Gasteiger partial charge in [0.1, 0.15) is 12.1 Å². The number of rotatable bonds is 4. The number of halogens is 1. The smallest absolute Gasteiger partial charge is 0.228 e. The van der Waals surface area contributed by atoms with E-state index in [1.807, 2.05) is 42.3 Å². The molecule has 0 saturated carbocycles. The van der Waals surface area contributed by atoms with Crippen molar-refractivity contribution in [1.29, 1.82) is 0 Å². The topological polar surface area (TPSA) is 87.5 Å². The van der Waals surface area contributed by atoms with E-state index in [0.717, 1.165) is 17.2 Å². The van der Waals surface area contributed by atoms with Crippen LogP contribution >= 0.6 is 11.6 Å². The van der Waals surface area contributed by atoms with Gasteiger partial charge in [0.2, 0.25) is 11.8 Å². The van der Waals surface area contributed by atoms with Crippen LogP contribution in [0, 0.1) is 12.8 Å². The van der Waals surface area contributed by atoms with E-state index in [0.29, 0.717) is 43.6 Å². The Balaban J connectivity index is 1.20. The fourth-order valence-electron chi connectivity index (χ4n) is 4.34. The van der Waals surface area contributed by atoms with Gasteiger partial charge in [-0.15, -0.1) is 0 Å². The number of benzene rings is 1. The van der Waals surface area contributed by atoms with Crippen molar-refractivity contribution in [3.05, 3.63) is 59.6 Å². The van der Waals surface area contributed by atoms with Gasteiger partial charge in [-0.3, -0.25) is 9.59 Å². The van der Waals surface area contributed by atoms with Gasteiger partial charge in [0, 0.05) is 62.1 Å². The number of nitrogens with zero attached hydrogens (tertiary/aromatic N) is 7. The highest BCUT2D eigenvalue weighted by molar-refractivity contribution is 6.30. The SMILES string of the molecule is Cc1ccn(-c2cc(N3CCN(C(=O)C4CC(=O)N(c5ccc(Cl)cc5)C4)CC3)ncn2)n1. The summed E-state index contributed by atoms with van der Waals surface area (Å²) in [5, 5.41) is 5.02. The zero-order valence-corrected chi connectivity index (χ0v) is 19.0. The van der Waals surface area contributed by atoms with Crippen LogP contribution in [0.5, 0.6) is 0 Å². The number of anilines is 2. The van der Waals surface area contributed by atoms with E-state index in [9.17, 15) is 9.59 Å². The van der Waals surface area contributed by atoms with Gasteiger partial charge in [0.25, 0.3) is 0 Å². The summed E-state index contributed by atoms with van der Waals surface area (Å²) in [6.45, 7) is 4.85. The van der Waals surface area contributed by atoms with Crippen LogP contribution < -0.4 is 9.80 Å². The Hall–Kier alpha value is -3.46. The molecule has 0 N–H and O–H groups in total. The molecule has 2 aliphatic heterocycles. The fourth-order valence-corrected chi connectivity index (χ4v) is 4.46. The maximum atomic E-state index is 13.1. The molecule has 2 saturated heterocycles. The summed E-state index contributed by atoms with van der Waals surface area (Å²) in [6.07, 6.45) is 3.64. The van der Waals surface area contributed by atoms with Crippen molar-refractivity contribution >= 4 is 34.9 Å². The van der Waals surface area contributed by atoms with Crippen molar-refractivity contribution < 1.29 is 9.59 Å². The van der Waals surface area contributed by atoms with Crippen molar-refractivity contribution in [3.63, 3.8) is 0 Å². The van der Waals surface area contributed by atoms with Gasteiger partial charge in [0.15, 0.2) is 5.82 Å². The lowest BCUT2D eigenvalue weighted by atomic mass is 10.1. The first-order valence-electron chi connectivity index (χ1n) is 10.9. The molecule has 9 nitrogen and oxygen atoms in total. The Kier molecular flexibility index (Phi) is 5.72. The molecule has 5 rings (SSSR count). The van der Waals surface area contributed by atoms with Crippen molar-refractivity contribution in [1.82, 2.24) is 24.6 Å². The number of aryl methyl sites for hydroxylation is 1. The molecule has 1 atom stereocenters. The summed E-state index contributed by atoms with van der Waals surface area (Å²) in [7, 11) is 0. The molecule has 2 aliphatic rings. The Bertz CT molecular complexity index is 1170. The molecule has 0 radical (unpaired) electrons. The van der Waals surface area contributed by atoms with Crippen molar-refractivity contribution in [2.45, 2.75) is 13.3 Å². The monoisotopic (exact) mass is 465 g/mol. The number of carbonyl (C=O) groups excluding carboxylic acids is 2. The van der Waals surface area contributed by atoms with Crippen LogP contribution in [0.4, 0.5) is 11.5 Å². The number of carbonyl (C=O) groups is 2. The van der Waals surface area contributed by atoms with E-state index in [2.05, 4.69) is 20.0 Å². The third-order valence-electron chi connectivity index (χ3n) is 6.12. The average molecular weight is 466 g/mol. The van der Waals surface area contributed by atoms with Gasteiger partial charge in [-0.2, -0.15) is 5.10 Å². The molecule has 4 heterocycles. The molecular weight excluding hydrogens is 442 g/mol. The maximum absolute atomic E-state index is 13.1. The molecule has 3 aromatic rings. The Labute approximate surface area is 196 Å². The third-order valence-corrected chi connectivity index (χ3v) is 6.38. The number of hydrogen-bond donors (Lipinski definition) is 0. The molecule has 2 aromatic heterocycles. The molecular formula is C23H24ClN7O2. The van der Waals surface area contributed by atoms with Crippen LogP contribution in [0.2, 0.25) is 5.02 Å². The third kappa shape index (κ3) is 4.41. The van der Waals surface area contributed by atoms with Crippen LogP contribution in [-0.2, 0) is 9.59 Å². The molecule has 33 heavy (non-hydrogen) atoms. The molecule has 1 unspecified atom stereocenters. The van der Waals surface area contributed by atoms with Crippen LogP contribution in [0.3, 0.4) is 0 Å². The van der Waals surface area contributed by atoms with E-state index >= 15 is 0 Å². The minimum atomic E-state index is -0.326. The second-order valence-electron chi connectivity index (χ2n) is 8.33. The van der Waals surface area contributed by atoms with Gasteiger partial charge in [-0.25, -0.2) is 14.6 Å². The normalized spacial score (nSPS) is 18.8.